The molecule has 2 heterocycles. The second kappa shape index (κ2) is 9.28. The van der Waals surface area contributed by atoms with Crippen LogP contribution < -0.4 is 10.6 Å². The Morgan fingerprint density at radius 3 is 2.75 bits per heavy atom. The Kier molecular flexibility index (Phi) is 6.14. The van der Waals surface area contributed by atoms with E-state index in [-0.39, 0.29) is 5.82 Å². The number of anilines is 2. The third kappa shape index (κ3) is 4.40. The predicted molar refractivity (Wildman–Crippen MR) is 139 cm³/mol. The first-order chi connectivity index (χ1) is 17.3. The number of benzene rings is 2. The van der Waals surface area contributed by atoms with E-state index in [0.29, 0.717) is 56.6 Å². The van der Waals surface area contributed by atoms with E-state index in [1.165, 1.54) is 18.3 Å². The summed E-state index contributed by atoms with van der Waals surface area (Å²) in [5, 5.41) is 25.8. The van der Waals surface area contributed by atoms with Gasteiger partial charge in [0.2, 0.25) is 0 Å². The molecule has 0 amide bonds. The van der Waals surface area contributed by atoms with Crippen molar-refractivity contribution in [2.24, 2.45) is 0 Å². The zero-order valence-electron chi connectivity index (χ0n) is 19.6. The SMILES string of the molecule is [B]C(Nc1cc(Cl)c2ncc(C#N)c(NC(=C)CC)c2c1)(c1ccc(F)cc1)c1cn(C2CC2)nn1. The fourth-order valence-corrected chi connectivity index (χ4v) is 4.28. The molecule has 36 heavy (non-hydrogen) atoms. The smallest absolute Gasteiger partial charge is 0.123 e. The van der Waals surface area contributed by atoms with E-state index < -0.39 is 5.44 Å². The van der Waals surface area contributed by atoms with E-state index >= 15 is 0 Å². The van der Waals surface area contributed by atoms with E-state index in [2.05, 4.69) is 38.6 Å². The summed E-state index contributed by atoms with van der Waals surface area (Å²) in [5.41, 5.74) is 2.45. The number of pyridine rings is 1. The number of nitrogens with zero attached hydrogens (tertiary/aromatic N) is 5. The van der Waals surface area contributed by atoms with Crippen LogP contribution in [-0.4, -0.2) is 27.8 Å². The summed E-state index contributed by atoms with van der Waals surface area (Å²) in [6.45, 7) is 5.97. The third-order valence-corrected chi connectivity index (χ3v) is 6.54. The molecule has 0 spiro atoms. The first-order valence-electron chi connectivity index (χ1n) is 11.5. The molecule has 7 nitrogen and oxygen atoms in total. The predicted octanol–water partition coefficient (Wildman–Crippen LogP) is 5.64. The van der Waals surface area contributed by atoms with Gasteiger partial charge in [0.1, 0.15) is 25.4 Å². The maximum absolute atomic E-state index is 13.7. The zero-order valence-corrected chi connectivity index (χ0v) is 20.3. The second-order valence-electron chi connectivity index (χ2n) is 8.85. The van der Waals surface area contributed by atoms with E-state index in [9.17, 15) is 9.65 Å². The molecule has 4 aromatic rings. The molecule has 2 aromatic carbocycles. The van der Waals surface area contributed by atoms with Gasteiger partial charge in [-0.1, -0.05) is 42.4 Å². The lowest BCUT2D eigenvalue weighted by Crippen LogP contribution is -2.37. The largest absolute Gasteiger partial charge is 0.378 e. The Morgan fingerprint density at radius 2 is 2.08 bits per heavy atom. The molecule has 5 rings (SSSR count). The highest BCUT2D eigenvalue weighted by Crippen LogP contribution is 2.38. The van der Waals surface area contributed by atoms with Gasteiger partial charge in [-0.15, -0.1) is 5.10 Å². The number of fused-ring (bicyclic) bond motifs is 1. The molecule has 1 unspecified atom stereocenters. The van der Waals surface area contributed by atoms with Gasteiger partial charge in [-0.05, 0) is 49.1 Å². The topological polar surface area (TPSA) is 91.5 Å². The maximum Gasteiger partial charge on any atom is 0.123 e. The number of hydrogen-bond acceptors (Lipinski definition) is 6. The van der Waals surface area contributed by atoms with Crippen LogP contribution in [0.15, 0.2) is 61.1 Å². The number of rotatable bonds is 8. The fourth-order valence-electron chi connectivity index (χ4n) is 4.02. The van der Waals surface area contributed by atoms with Crippen LogP contribution in [-0.2, 0) is 5.44 Å². The van der Waals surface area contributed by atoms with Crippen LogP contribution in [0.2, 0.25) is 5.02 Å². The van der Waals surface area contributed by atoms with Crippen molar-refractivity contribution in [1.82, 2.24) is 20.0 Å². The molecule has 2 N–H and O–H groups in total. The van der Waals surface area contributed by atoms with E-state index in [4.69, 9.17) is 19.4 Å². The van der Waals surface area contributed by atoms with Gasteiger partial charge in [0, 0.05) is 23.0 Å². The Hall–Kier alpha value is -3.90. The summed E-state index contributed by atoms with van der Waals surface area (Å²) in [6, 6.07) is 11.9. The number of aromatic nitrogens is 4. The molecular weight excluding hydrogens is 476 g/mol. The second-order valence-corrected chi connectivity index (χ2v) is 9.26. The summed E-state index contributed by atoms with van der Waals surface area (Å²) in [7, 11) is 6.96. The number of nitrogens with one attached hydrogen (secondary N) is 2. The Morgan fingerprint density at radius 1 is 1.33 bits per heavy atom. The van der Waals surface area contributed by atoms with Crippen LogP contribution in [0.5, 0.6) is 0 Å². The van der Waals surface area contributed by atoms with Crippen LogP contribution >= 0.6 is 11.6 Å². The molecule has 2 radical (unpaired) electrons. The molecule has 1 aliphatic carbocycles. The van der Waals surface area contributed by atoms with Crippen LogP contribution in [0.25, 0.3) is 10.9 Å². The molecule has 0 bridgehead atoms. The van der Waals surface area contributed by atoms with Crippen molar-refractivity contribution in [1.29, 1.82) is 5.26 Å². The number of hydrogen-bond donors (Lipinski definition) is 2. The summed E-state index contributed by atoms with van der Waals surface area (Å²) < 4.78 is 15.5. The average Bonchev–Trinajstić information content (AvgIpc) is 3.60. The zero-order chi connectivity index (χ0) is 25.4. The molecule has 1 saturated carbocycles. The minimum absolute atomic E-state index is 0.314. The molecule has 1 aliphatic rings. The lowest BCUT2D eigenvalue weighted by molar-refractivity contribution is 0.610. The highest BCUT2D eigenvalue weighted by atomic mass is 35.5. The van der Waals surface area contributed by atoms with Gasteiger partial charge < -0.3 is 10.6 Å². The van der Waals surface area contributed by atoms with Gasteiger partial charge in [0.05, 0.1) is 39.5 Å². The van der Waals surface area contributed by atoms with E-state index in [1.807, 2.05) is 19.2 Å². The summed E-state index contributed by atoms with van der Waals surface area (Å²) in [6.07, 6.45) is 6.04. The summed E-state index contributed by atoms with van der Waals surface area (Å²) >= 11 is 6.64. The summed E-state index contributed by atoms with van der Waals surface area (Å²) in [4.78, 5) is 4.39. The molecule has 178 valence electrons. The number of allylic oxidation sites excluding steroid dienone is 1. The molecule has 1 atom stereocenters. The Labute approximate surface area is 214 Å². The van der Waals surface area contributed by atoms with Crippen molar-refractivity contribution in [3.05, 3.63) is 88.7 Å². The van der Waals surface area contributed by atoms with E-state index in [1.54, 1.807) is 22.9 Å². The maximum atomic E-state index is 13.7. The Bertz CT molecular complexity index is 1510. The molecule has 10 heteroatoms. The van der Waals surface area contributed by atoms with Gasteiger partial charge in [-0.25, -0.2) is 9.07 Å². The van der Waals surface area contributed by atoms with Crippen LogP contribution in [0, 0.1) is 17.1 Å². The van der Waals surface area contributed by atoms with Crippen LogP contribution in [0.1, 0.15) is 49.0 Å². The fraction of sp³-hybridized carbons (Fsp3) is 0.231. The highest BCUT2D eigenvalue weighted by molar-refractivity contribution is 6.36. The number of nitriles is 1. The molecule has 1 fully saturated rings. The molecule has 0 aliphatic heterocycles. The normalized spacial score (nSPS) is 14.7. The van der Waals surface area contributed by atoms with Gasteiger partial charge in [-0.3, -0.25) is 4.98 Å². The van der Waals surface area contributed by atoms with Gasteiger partial charge in [-0.2, -0.15) is 5.26 Å². The van der Waals surface area contributed by atoms with Gasteiger partial charge in [0.25, 0.3) is 0 Å². The van der Waals surface area contributed by atoms with Gasteiger partial charge >= 0.3 is 0 Å². The Balaban J connectivity index is 1.64. The van der Waals surface area contributed by atoms with Crippen LogP contribution in [0.4, 0.5) is 15.8 Å². The quantitative estimate of drug-likeness (QED) is 0.306. The standard InChI is InChI=1S/C26H22BClFN7/c1-3-15(2)32-24-16(12-30)13-31-25-21(24)10-19(11-22(25)28)33-26(27,17-4-6-18(29)7-5-17)23-14-36(35-34-23)20-8-9-20/h4-7,10-11,13-14,20,33H,2-3,8-9H2,1H3,(H,31,32). The summed E-state index contributed by atoms with van der Waals surface area (Å²) in [5.74, 6) is -0.376. The van der Waals surface area contributed by atoms with Crippen molar-refractivity contribution in [2.75, 3.05) is 10.6 Å². The molecule has 0 saturated heterocycles. The molecular formula is C26H22BClFN7. The lowest BCUT2D eigenvalue weighted by atomic mass is 9.69. The van der Waals surface area contributed by atoms with Crippen molar-refractivity contribution in [2.45, 2.75) is 37.7 Å². The highest BCUT2D eigenvalue weighted by Gasteiger charge is 2.34. The lowest BCUT2D eigenvalue weighted by Gasteiger charge is -2.32. The first-order valence-corrected chi connectivity index (χ1v) is 11.9. The van der Waals surface area contributed by atoms with Crippen molar-refractivity contribution in [3.8, 4) is 6.07 Å². The monoisotopic (exact) mass is 497 g/mol. The van der Waals surface area contributed by atoms with Gasteiger partial charge in [0.15, 0.2) is 0 Å². The van der Waals surface area contributed by atoms with Crippen molar-refractivity contribution < 1.29 is 4.39 Å². The third-order valence-electron chi connectivity index (χ3n) is 6.25. The van der Waals surface area contributed by atoms with Crippen molar-refractivity contribution >= 4 is 41.7 Å². The van der Waals surface area contributed by atoms with Crippen molar-refractivity contribution in [3.63, 3.8) is 0 Å². The van der Waals surface area contributed by atoms with E-state index in [0.717, 1.165) is 18.5 Å². The first kappa shape index (κ1) is 23.8. The van der Waals surface area contributed by atoms with Crippen LogP contribution in [0.3, 0.4) is 0 Å². The minimum Gasteiger partial charge on any atom is -0.378 e. The minimum atomic E-state index is -1.35. The number of halogens is 2. The average molecular weight is 498 g/mol. The molecule has 2 aromatic heterocycles.